The van der Waals surface area contributed by atoms with Crippen molar-refractivity contribution in [2.75, 3.05) is 13.1 Å². The number of carbonyl (C=O) groups is 2. The number of sulfonamides is 1. The lowest BCUT2D eigenvalue weighted by molar-refractivity contribution is -0.147. The first kappa shape index (κ1) is 18.8. The summed E-state index contributed by atoms with van der Waals surface area (Å²) in [6.07, 6.45) is 1.18. The number of hydrogen-bond acceptors (Lipinski definition) is 6. The third kappa shape index (κ3) is 3.73. The molecule has 2 saturated heterocycles. The Morgan fingerprint density at radius 1 is 1.27 bits per heavy atom. The minimum Gasteiger partial charge on any atom is -0.460 e. The quantitative estimate of drug-likeness (QED) is 0.735. The number of ether oxygens (including phenoxy) is 2. The van der Waals surface area contributed by atoms with Crippen molar-refractivity contribution in [3.8, 4) is 0 Å². The van der Waals surface area contributed by atoms with Crippen molar-refractivity contribution < 1.29 is 31.9 Å². The lowest BCUT2D eigenvalue weighted by atomic mass is 10.2. The van der Waals surface area contributed by atoms with Crippen LogP contribution in [0.25, 0.3) is 0 Å². The number of halogens is 1. The lowest BCUT2D eigenvalue weighted by Crippen LogP contribution is -2.36. The van der Waals surface area contributed by atoms with Gasteiger partial charge in [0.1, 0.15) is 16.8 Å². The van der Waals surface area contributed by atoms with E-state index >= 15 is 0 Å². The Hall–Kier alpha value is -2.00. The summed E-state index contributed by atoms with van der Waals surface area (Å²) in [7, 11) is -4.04. The van der Waals surface area contributed by atoms with Crippen molar-refractivity contribution in [2.45, 2.75) is 49.7 Å². The smallest absolute Gasteiger partial charge is 0.347 e. The molecular weight excluding hydrogens is 365 g/mol. The molecule has 3 rings (SSSR count). The van der Waals surface area contributed by atoms with Crippen molar-refractivity contribution in [3.05, 3.63) is 29.6 Å². The molecule has 1 aromatic rings. The molecule has 1 aromatic carbocycles. The number of cyclic esters (lactones) is 1. The van der Waals surface area contributed by atoms with Crippen molar-refractivity contribution in [2.24, 2.45) is 0 Å². The molecule has 26 heavy (non-hydrogen) atoms. The van der Waals surface area contributed by atoms with Crippen LogP contribution in [0.5, 0.6) is 0 Å². The van der Waals surface area contributed by atoms with Gasteiger partial charge in [-0.1, -0.05) is 6.42 Å². The van der Waals surface area contributed by atoms with Crippen LogP contribution in [0.1, 0.15) is 43.0 Å². The third-order valence-electron chi connectivity index (χ3n) is 4.48. The summed E-state index contributed by atoms with van der Waals surface area (Å²) >= 11 is 0. The largest absolute Gasteiger partial charge is 0.460 e. The van der Waals surface area contributed by atoms with Gasteiger partial charge in [-0.25, -0.2) is 22.4 Å². The van der Waals surface area contributed by atoms with E-state index in [9.17, 15) is 22.4 Å². The summed E-state index contributed by atoms with van der Waals surface area (Å²) in [6, 6.07) is 3.02. The summed E-state index contributed by atoms with van der Waals surface area (Å²) in [6.45, 7) is 2.32. The Kier molecular flexibility index (Phi) is 5.29. The molecule has 7 nitrogen and oxygen atoms in total. The Morgan fingerprint density at radius 2 is 1.96 bits per heavy atom. The van der Waals surface area contributed by atoms with Gasteiger partial charge < -0.3 is 9.47 Å². The molecule has 142 valence electrons. The molecule has 9 heteroatoms. The Labute approximate surface area is 151 Å². The van der Waals surface area contributed by atoms with Gasteiger partial charge in [-0.05, 0) is 38.0 Å². The van der Waals surface area contributed by atoms with Crippen LogP contribution >= 0.6 is 0 Å². The fourth-order valence-corrected chi connectivity index (χ4v) is 4.69. The van der Waals surface area contributed by atoms with Gasteiger partial charge in [0.2, 0.25) is 16.1 Å². The lowest BCUT2D eigenvalue weighted by Gasteiger charge is -2.26. The van der Waals surface area contributed by atoms with Crippen LogP contribution < -0.4 is 0 Å². The van der Waals surface area contributed by atoms with E-state index in [0.29, 0.717) is 25.9 Å². The fraction of sp³-hybridized carbons (Fsp3) is 0.529. The van der Waals surface area contributed by atoms with Gasteiger partial charge in [-0.3, -0.25) is 0 Å². The van der Waals surface area contributed by atoms with E-state index in [1.54, 1.807) is 6.92 Å². The first-order valence-corrected chi connectivity index (χ1v) is 9.94. The molecule has 0 saturated carbocycles. The number of nitrogens with zero attached hydrogens (tertiary/aromatic N) is 1. The van der Waals surface area contributed by atoms with Gasteiger partial charge in [-0.15, -0.1) is 0 Å². The average molecular weight is 385 g/mol. The molecule has 0 spiro atoms. The summed E-state index contributed by atoms with van der Waals surface area (Å²) in [4.78, 5) is 23.3. The molecule has 0 aliphatic carbocycles. The van der Waals surface area contributed by atoms with Gasteiger partial charge in [0.15, 0.2) is 0 Å². The third-order valence-corrected chi connectivity index (χ3v) is 6.39. The molecule has 0 bridgehead atoms. The van der Waals surface area contributed by atoms with Crippen LogP contribution in [-0.4, -0.2) is 50.0 Å². The molecule has 0 aromatic heterocycles. The monoisotopic (exact) mass is 385 g/mol. The van der Waals surface area contributed by atoms with Crippen LogP contribution in [-0.2, 0) is 24.3 Å². The predicted molar refractivity (Wildman–Crippen MR) is 88.4 cm³/mol. The molecule has 0 amide bonds. The summed E-state index contributed by atoms with van der Waals surface area (Å²) in [5, 5.41) is 0. The highest BCUT2D eigenvalue weighted by Gasteiger charge is 2.36. The number of esters is 2. The minimum absolute atomic E-state index is 0.130. The van der Waals surface area contributed by atoms with Crippen molar-refractivity contribution in [3.63, 3.8) is 0 Å². The second kappa shape index (κ2) is 7.32. The highest BCUT2D eigenvalue weighted by atomic mass is 32.2. The van der Waals surface area contributed by atoms with Gasteiger partial charge in [-0.2, -0.15) is 4.31 Å². The zero-order valence-corrected chi connectivity index (χ0v) is 15.1. The van der Waals surface area contributed by atoms with Gasteiger partial charge in [0.05, 0.1) is 5.56 Å². The van der Waals surface area contributed by atoms with Crippen LogP contribution in [0.2, 0.25) is 0 Å². The maximum Gasteiger partial charge on any atom is 0.347 e. The molecule has 0 unspecified atom stereocenters. The van der Waals surface area contributed by atoms with E-state index in [1.165, 1.54) is 4.31 Å². The van der Waals surface area contributed by atoms with Gasteiger partial charge in [0, 0.05) is 19.5 Å². The second-order valence-corrected chi connectivity index (χ2v) is 8.39. The molecule has 2 aliphatic rings. The van der Waals surface area contributed by atoms with E-state index < -0.39 is 38.8 Å². The Bertz CT molecular complexity index is 819. The summed E-state index contributed by atoms with van der Waals surface area (Å²) < 4.78 is 50.8. The SMILES string of the molecule is C[C@@H]1C[C@H](OC(=O)c2ccc(F)c(S(=O)(=O)N3CCCCC3)c2)C(=O)O1. The zero-order chi connectivity index (χ0) is 18.9. The van der Waals surface area contributed by atoms with Crippen molar-refractivity contribution >= 4 is 22.0 Å². The second-order valence-electron chi connectivity index (χ2n) is 6.49. The molecule has 0 radical (unpaired) electrons. The van der Waals surface area contributed by atoms with Crippen LogP contribution in [0.3, 0.4) is 0 Å². The maximum absolute atomic E-state index is 14.2. The van der Waals surface area contributed by atoms with Gasteiger partial charge >= 0.3 is 11.9 Å². The van der Waals surface area contributed by atoms with Crippen LogP contribution in [0.4, 0.5) is 4.39 Å². The molecule has 2 aliphatic heterocycles. The molecular formula is C17H20FNO6S. The summed E-state index contributed by atoms with van der Waals surface area (Å²) in [5.74, 6) is -2.47. The first-order chi connectivity index (χ1) is 12.3. The number of rotatable bonds is 4. The number of carbonyl (C=O) groups excluding carboxylic acids is 2. The Morgan fingerprint density at radius 3 is 2.58 bits per heavy atom. The van der Waals surface area contributed by atoms with Crippen LogP contribution in [0, 0.1) is 5.82 Å². The summed E-state index contributed by atoms with van der Waals surface area (Å²) in [5.41, 5.74) is -0.130. The topological polar surface area (TPSA) is 90.0 Å². The number of piperidine rings is 1. The number of benzene rings is 1. The number of hydrogen-bond donors (Lipinski definition) is 0. The maximum atomic E-state index is 14.2. The minimum atomic E-state index is -4.04. The molecule has 2 heterocycles. The van der Waals surface area contributed by atoms with E-state index in [2.05, 4.69) is 0 Å². The highest BCUT2D eigenvalue weighted by Crippen LogP contribution is 2.25. The van der Waals surface area contributed by atoms with E-state index in [1.807, 2.05) is 0 Å². The zero-order valence-electron chi connectivity index (χ0n) is 14.3. The van der Waals surface area contributed by atoms with E-state index in [4.69, 9.17) is 9.47 Å². The standard InChI is InChI=1S/C17H20FNO6S/c1-11-9-14(17(21)24-11)25-16(20)12-5-6-13(18)15(10-12)26(22,23)19-7-3-2-4-8-19/h5-6,10-11,14H,2-4,7-9H2,1H3/t11-,14+/m1/s1. The van der Waals surface area contributed by atoms with E-state index in [0.717, 1.165) is 24.6 Å². The van der Waals surface area contributed by atoms with Gasteiger partial charge in [0.25, 0.3) is 0 Å². The molecule has 0 N–H and O–H groups in total. The predicted octanol–water partition coefficient (Wildman–Crippen LogP) is 1.86. The highest BCUT2D eigenvalue weighted by molar-refractivity contribution is 7.89. The fourth-order valence-electron chi connectivity index (χ4n) is 3.09. The normalized spacial score (nSPS) is 24.3. The Balaban J connectivity index is 1.83. The van der Waals surface area contributed by atoms with Crippen molar-refractivity contribution in [1.82, 2.24) is 4.31 Å². The van der Waals surface area contributed by atoms with E-state index in [-0.39, 0.29) is 18.1 Å². The first-order valence-electron chi connectivity index (χ1n) is 8.50. The molecule has 2 atom stereocenters. The average Bonchev–Trinajstić information content (AvgIpc) is 2.93. The van der Waals surface area contributed by atoms with Crippen LogP contribution in [0.15, 0.2) is 23.1 Å². The van der Waals surface area contributed by atoms with Crippen molar-refractivity contribution in [1.29, 1.82) is 0 Å². The molecule has 2 fully saturated rings.